The lowest BCUT2D eigenvalue weighted by Crippen LogP contribution is -2.30. The first-order valence-electron chi connectivity index (χ1n) is 7.32. The third-order valence-electron chi connectivity index (χ3n) is 3.30. The van der Waals surface area contributed by atoms with E-state index >= 15 is 0 Å². The Hall–Kier alpha value is -2.35. The molecule has 0 amide bonds. The molecule has 2 aromatic rings. The Morgan fingerprint density at radius 1 is 1.05 bits per heavy atom. The molecule has 0 radical (unpaired) electrons. The van der Waals surface area contributed by atoms with Crippen LogP contribution in [0.3, 0.4) is 0 Å². The van der Waals surface area contributed by atoms with Gasteiger partial charge in [-0.3, -0.25) is 4.90 Å². The number of ether oxygens (including phenoxy) is 1. The van der Waals surface area contributed by atoms with Crippen LogP contribution in [0.25, 0.3) is 0 Å². The molecule has 0 saturated carbocycles. The maximum atomic E-state index is 9.18. The van der Waals surface area contributed by atoms with Gasteiger partial charge in [-0.2, -0.15) is 5.26 Å². The molecule has 114 valence electrons. The predicted octanol–water partition coefficient (Wildman–Crippen LogP) is 2.43. The average molecular weight is 296 g/mol. The molecule has 0 unspecified atom stereocenters. The SMILES string of the molecule is N#Cc1cccc(OCCN(CCO)Cc2ccccc2)c1. The summed E-state index contributed by atoms with van der Waals surface area (Å²) in [5.41, 5.74) is 1.80. The van der Waals surface area contributed by atoms with E-state index < -0.39 is 0 Å². The fraction of sp³-hybridized carbons (Fsp3) is 0.278. The summed E-state index contributed by atoms with van der Waals surface area (Å²) >= 11 is 0. The van der Waals surface area contributed by atoms with Crippen LogP contribution in [0, 0.1) is 11.3 Å². The van der Waals surface area contributed by atoms with Crippen LogP contribution in [-0.4, -0.2) is 36.3 Å². The molecule has 22 heavy (non-hydrogen) atoms. The van der Waals surface area contributed by atoms with Crippen LogP contribution in [0.4, 0.5) is 0 Å². The van der Waals surface area contributed by atoms with Gasteiger partial charge in [0.05, 0.1) is 18.2 Å². The fourth-order valence-corrected chi connectivity index (χ4v) is 2.20. The molecule has 0 atom stereocenters. The zero-order valence-corrected chi connectivity index (χ0v) is 12.5. The maximum Gasteiger partial charge on any atom is 0.120 e. The number of hydrogen-bond acceptors (Lipinski definition) is 4. The van der Waals surface area contributed by atoms with Crippen LogP contribution in [0.1, 0.15) is 11.1 Å². The van der Waals surface area contributed by atoms with E-state index in [4.69, 9.17) is 10.00 Å². The Kier molecular flexibility index (Phi) is 6.43. The molecule has 0 bridgehead atoms. The van der Waals surface area contributed by atoms with Gasteiger partial charge in [0, 0.05) is 19.6 Å². The minimum atomic E-state index is 0.122. The summed E-state index contributed by atoms with van der Waals surface area (Å²) in [6.45, 7) is 2.74. The van der Waals surface area contributed by atoms with Crippen molar-refractivity contribution in [1.29, 1.82) is 5.26 Å². The highest BCUT2D eigenvalue weighted by Gasteiger charge is 2.06. The minimum Gasteiger partial charge on any atom is -0.492 e. The zero-order chi connectivity index (χ0) is 15.6. The van der Waals surface area contributed by atoms with Crippen molar-refractivity contribution < 1.29 is 9.84 Å². The van der Waals surface area contributed by atoms with E-state index in [0.717, 1.165) is 6.54 Å². The quantitative estimate of drug-likeness (QED) is 0.813. The Bertz CT molecular complexity index is 608. The van der Waals surface area contributed by atoms with Crippen molar-refractivity contribution in [3.8, 4) is 11.8 Å². The van der Waals surface area contributed by atoms with E-state index in [0.29, 0.717) is 31.0 Å². The number of rotatable bonds is 8. The number of hydrogen-bond donors (Lipinski definition) is 1. The van der Waals surface area contributed by atoms with Crippen molar-refractivity contribution in [3.05, 3.63) is 65.7 Å². The number of benzene rings is 2. The third kappa shape index (κ3) is 5.21. The standard InChI is InChI=1S/C18H20N2O2/c19-14-17-7-4-8-18(13-17)22-12-10-20(9-11-21)15-16-5-2-1-3-6-16/h1-8,13,21H,9-12,15H2. The van der Waals surface area contributed by atoms with E-state index in [9.17, 15) is 5.11 Å². The number of nitrogens with zero attached hydrogens (tertiary/aromatic N) is 2. The normalized spacial score (nSPS) is 10.4. The lowest BCUT2D eigenvalue weighted by Gasteiger charge is -2.21. The van der Waals surface area contributed by atoms with Crippen LogP contribution in [0.15, 0.2) is 54.6 Å². The van der Waals surface area contributed by atoms with Crippen LogP contribution in [0.5, 0.6) is 5.75 Å². The third-order valence-corrected chi connectivity index (χ3v) is 3.30. The van der Waals surface area contributed by atoms with E-state index in [-0.39, 0.29) is 6.61 Å². The molecule has 2 aromatic carbocycles. The highest BCUT2D eigenvalue weighted by Crippen LogP contribution is 2.12. The van der Waals surface area contributed by atoms with Crippen molar-refractivity contribution >= 4 is 0 Å². The molecule has 2 rings (SSSR count). The monoisotopic (exact) mass is 296 g/mol. The summed E-state index contributed by atoms with van der Waals surface area (Å²) in [6.07, 6.45) is 0. The second-order valence-electron chi connectivity index (χ2n) is 4.97. The van der Waals surface area contributed by atoms with Crippen molar-refractivity contribution in [2.75, 3.05) is 26.3 Å². The van der Waals surface area contributed by atoms with Gasteiger partial charge >= 0.3 is 0 Å². The summed E-state index contributed by atoms with van der Waals surface area (Å²) in [7, 11) is 0. The summed E-state index contributed by atoms with van der Waals surface area (Å²) in [4.78, 5) is 2.14. The Balaban J connectivity index is 1.85. The summed E-state index contributed by atoms with van der Waals surface area (Å²) < 4.78 is 5.69. The molecule has 0 fully saturated rings. The molecule has 1 N–H and O–H groups in total. The molecular formula is C18H20N2O2. The molecule has 0 aliphatic rings. The van der Waals surface area contributed by atoms with Gasteiger partial charge in [0.25, 0.3) is 0 Å². The average Bonchev–Trinajstić information content (AvgIpc) is 2.56. The van der Waals surface area contributed by atoms with Gasteiger partial charge in [-0.05, 0) is 23.8 Å². The number of aliphatic hydroxyl groups is 1. The molecule has 0 heterocycles. The van der Waals surface area contributed by atoms with E-state index in [1.54, 1.807) is 12.1 Å². The van der Waals surface area contributed by atoms with Crippen LogP contribution < -0.4 is 4.74 Å². The summed E-state index contributed by atoms with van der Waals surface area (Å²) in [5.74, 6) is 0.697. The lowest BCUT2D eigenvalue weighted by molar-refractivity contribution is 0.163. The van der Waals surface area contributed by atoms with Crippen molar-refractivity contribution in [2.24, 2.45) is 0 Å². The molecular weight excluding hydrogens is 276 g/mol. The Morgan fingerprint density at radius 2 is 1.86 bits per heavy atom. The second-order valence-corrected chi connectivity index (χ2v) is 4.97. The van der Waals surface area contributed by atoms with Gasteiger partial charge in [0.15, 0.2) is 0 Å². The van der Waals surface area contributed by atoms with Crippen LogP contribution in [0.2, 0.25) is 0 Å². The molecule has 4 nitrogen and oxygen atoms in total. The number of aliphatic hydroxyl groups excluding tert-OH is 1. The molecule has 0 aliphatic heterocycles. The molecule has 0 spiro atoms. The topological polar surface area (TPSA) is 56.5 Å². The van der Waals surface area contributed by atoms with Crippen molar-refractivity contribution in [1.82, 2.24) is 4.90 Å². The first-order valence-corrected chi connectivity index (χ1v) is 7.32. The van der Waals surface area contributed by atoms with Gasteiger partial charge in [0.1, 0.15) is 12.4 Å². The van der Waals surface area contributed by atoms with Gasteiger partial charge in [-0.1, -0.05) is 36.4 Å². The molecule has 0 aliphatic carbocycles. The van der Waals surface area contributed by atoms with Crippen molar-refractivity contribution in [2.45, 2.75) is 6.54 Å². The van der Waals surface area contributed by atoms with Gasteiger partial charge in [0.2, 0.25) is 0 Å². The zero-order valence-electron chi connectivity index (χ0n) is 12.5. The van der Waals surface area contributed by atoms with E-state index in [2.05, 4.69) is 23.1 Å². The highest BCUT2D eigenvalue weighted by molar-refractivity contribution is 5.36. The first kappa shape index (κ1) is 16.0. The van der Waals surface area contributed by atoms with Gasteiger partial charge in [-0.15, -0.1) is 0 Å². The summed E-state index contributed by atoms with van der Waals surface area (Å²) in [5, 5.41) is 18.0. The smallest absolute Gasteiger partial charge is 0.120 e. The Labute approximate surface area is 131 Å². The van der Waals surface area contributed by atoms with Crippen LogP contribution >= 0.6 is 0 Å². The first-order chi connectivity index (χ1) is 10.8. The van der Waals surface area contributed by atoms with E-state index in [1.807, 2.05) is 30.3 Å². The predicted molar refractivity (Wildman–Crippen MR) is 85.5 cm³/mol. The number of nitriles is 1. The minimum absolute atomic E-state index is 0.122. The van der Waals surface area contributed by atoms with Crippen LogP contribution in [-0.2, 0) is 6.54 Å². The highest BCUT2D eigenvalue weighted by atomic mass is 16.5. The van der Waals surface area contributed by atoms with E-state index in [1.165, 1.54) is 5.56 Å². The summed E-state index contributed by atoms with van der Waals surface area (Å²) in [6, 6.07) is 19.4. The maximum absolute atomic E-state index is 9.18. The molecule has 4 heteroatoms. The Morgan fingerprint density at radius 3 is 2.59 bits per heavy atom. The van der Waals surface area contributed by atoms with Gasteiger partial charge in [-0.25, -0.2) is 0 Å². The second kappa shape index (κ2) is 8.83. The van der Waals surface area contributed by atoms with Crippen molar-refractivity contribution in [3.63, 3.8) is 0 Å². The lowest BCUT2D eigenvalue weighted by atomic mass is 10.2. The molecule has 0 saturated heterocycles. The van der Waals surface area contributed by atoms with Gasteiger partial charge < -0.3 is 9.84 Å². The fourth-order valence-electron chi connectivity index (χ4n) is 2.20. The largest absolute Gasteiger partial charge is 0.492 e. The molecule has 0 aromatic heterocycles.